The molecule has 0 saturated carbocycles. The largest absolute Gasteiger partial charge is 0.373 e. The average Bonchev–Trinajstić information content (AvgIpc) is 2.38. The van der Waals surface area contributed by atoms with Gasteiger partial charge < -0.3 is 4.74 Å². The van der Waals surface area contributed by atoms with E-state index in [1.165, 1.54) is 30.0 Å². The zero-order valence-corrected chi connectivity index (χ0v) is 14.1. The van der Waals surface area contributed by atoms with Gasteiger partial charge in [-0.05, 0) is 51.1 Å². The molecule has 20 heavy (non-hydrogen) atoms. The van der Waals surface area contributed by atoms with Crippen molar-refractivity contribution in [1.82, 2.24) is 4.90 Å². The summed E-state index contributed by atoms with van der Waals surface area (Å²) in [4.78, 5) is 3.93. The minimum Gasteiger partial charge on any atom is -0.373 e. The Morgan fingerprint density at radius 2 is 1.75 bits per heavy atom. The second-order valence-electron chi connectivity index (χ2n) is 5.39. The quantitative estimate of drug-likeness (QED) is 0.579. The van der Waals surface area contributed by atoms with E-state index in [1.807, 2.05) is 11.8 Å². The molecule has 2 unspecified atom stereocenters. The van der Waals surface area contributed by atoms with E-state index in [0.717, 1.165) is 13.1 Å². The number of hydrogen-bond acceptors (Lipinski definition) is 3. The Hall–Kier alpha value is -0.220. The Balaban J connectivity index is 0.00000200. The highest BCUT2D eigenvalue weighted by Crippen LogP contribution is 2.19. The fraction of sp³-hybridized carbons (Fsp3) is 0.625. The Morgan fingerprint density at radius 1 is 1.10 bits per heavy atom. The monoisotopic (exact) mass is 315 g/mol. The molecule has 1 aromatic rings. The Kier molecular flexibility index (Phi) is 8.62. The van der Waals surface area contributed by atoms with Gasteiger partial charge in [-0.2, -0.15) is 0 Å². The van der Waals surface area contributed by atoms with Crippen LogP contribution >= 0.6 is 24.2 Å². The maximum Gasteiger partial charge on any atom is 0.0678 e. The predicted molar refractivity (Wildman–Crippen MR) is 90.1 cm³/mol. The Bertz CT molecular complexity index is 353. The lowest BCUT2D eigenvalue weighted by atomic mass is 10.2. The Labute approximate surface area is 133 Å². The molecule has 2 rings (SSSR count). The standard InChI is InChI=1S/C16H25NOS.ClH/c1-14-12-17(13-15(2)18-14)10-6-7-11-19-16-8-4-3-5-9-16;/h3-5,8-9,14-15H,6-7,10-13H2,1-2H3;1H. The molecule has 0 aliphatic carbocycles. The predicted octanol–water partition coefficient (Wildman–Crippen LogP) is 4.09. The number of rotatable bonds is 6. The first-order valence-electron chi connectivity index (χ1n) is 7.29. The molecule has 1 aromatic carbocycles. The molecular formula is C16H26ClNOS. The number of ether oxygens (including phenoxy) is 1. The average molecular weight is 316 g/mol. The van der Waals surface area contributed by atoms with Gasteiger partial charge in [0.25, 0.3) is 0 Å². The van der Waals surface area contributed by atoms with Crippen molar-refractivity contribution in [3.8, 4) is 0 Å². The molecule has 1 aliphatic rings. The van der Waals surface area contributed by atoms with E-state index in [-0.39, 0.29) is 12.4 Å². The van der Waals surface area contributed by atoms with Gasteiger partial charge in [-0.3, -0.25) is 4.90 Å². The molecule has 1 aliphatic heterocycles. The molecular weight excluding hydrogens is 290 g/mol. The Morgan fingerprint density at radius 3 is 2.40 bits per heavy atom. The van der Waals surface area contributed by atoms with Gasteiger partial charge in [-0.1, -0.05) is 18.2 Å². The summed E-state index contributed by atoms with van der Waals surface area (Å²) in [5.41, 5.74) is 0. The highest BCUT2D eigenvalue weighted by Gasteiger charge is 2.21. The van der Waals surface area contributed by atoms with Crippen LogP contribution in [0.25, 0.3) is 0 Å². The fourth-order valence-corrected chi connectivity index (χ4v) is 3.54. The molecule has 0 spiro atoms. The molecule has 0 bridgehead atoms. The molecule has 0 aromatic heterocycles. The van der Waals surface area contributed by atoms with E-state index < -0.39 is 0 Å². The molecule has 2 atom stereocenters. The molecule has 0 N–H and O–H groups in total. The van der Waals surface area contributed by atoms with Crippen LogP contribution in [0, 0.1) is 0 Å². The van der Waals surface area contributed by atoms with Crippen LogP contribution in [0.1, 0.15) is 26.7 Å². The first-order chi connectivity index (χ1) is 9.24. The topological polar surface area (TPSA) is 12.5 Å². The number of halogens is 1. The van der Waals surface area contributed by atoms with E-state index >= 15 is 0 Å². The summed E-state index contributed by atoms with van der Waals surface area (Å²) in [6.07, 6.45) is 3.36. The van der Waals surface area contributed by atoms with Gasteiger partial charge in [0.1, 0.15) is 0 Å². The summed E-state index contributed by atoms with van der Waals surface area (Å²) >= 11 is 1.96. The fourth-order valence-electron chi connectivity index (χ4n) is 2.61. The second-order valence-corrected chi connectivity index (χ2v) is 6.55. The number of unbranched alkanes of at least 4 members (excludes halogenated alkanes) is 1. The number of nitrogens with zero attached hydrogens (tertiary/aromatic N) is 1. The van der Waals surface area contributed by atoms with Gasteiger partial charge in [-0.25, -0.2) is 0 Å². The molecule has 114 valence electrons. The third-order valence-corrected chi connectivity index (χ3v) is 4.47. The minimum atomic E-state index is 0. The van der Waals surface area contributed by atoms with E-state index in [2.05, 4.69) is 49.1 Å². The summed E-state index contributed by atoms with van der Waals surface area (Å²) in [6, 6.07) is 10.7. The van der Waals surface area contributed by atoms with Crippen LogP contribution in [-0.2, 0) is 4.74 Å². The number of hydrogen-bond donors (Lipinski definition) is 0. The summed E-state index contributed by atoms with van der Waals surface area (Å²) in [6.45, 7) is 7.75. The molecule has 0 amide bonds. The van der Waals surface area contributed by atoms with Crippen molar-refractivity contribution in [2.24, 2.45) is 0 Å². The second kappa shape index (κ2) is 9.67. The lowest BCUT2D eigenvalue weighted by Crippen LogP contribution is -2.45. The normalized spacial score (nSPS) is 23.3. The maximum absolute atomic E-state index is 5.76. The lowest BCUT2D eigenvalue weighted by Gasteiger charge is -2.35. The first-order valence-corrected chi connectivity index (χ1v) is 8.28. The zero-order valence-electron chi connectivity index (χ0n) is 12.5. The van der Waals surface area contributed by atoms with Crippen molar-refractivity contribution in [2.75, 3.05) is 25.4 Å². The van der Waals surface area contributed by atoms with Crippen LogP contribution in [-0.4, -0.2) is 42.5 Å². The molecule has 4 heteroatoms. The van der Waals surface area contributed by atoms with Gasteiger partial charge in [0.15, 0.2) is 0 Å². The van der Waals surface area contributed by atoms with E-state index in [1.54, 1.807) is 0 Å². The number of morpholine rings is 1. The smallest absolute Gasteiger partial charge is 0.0678 e. The number of benzene rings is 1. The van der Waals surface area contributed by atoms with E-state index in [4.69, 9.17) is 4.74 Å². The lowest BCUT2D eigenvalue weighted by molar-refractivity contribution is -0.0680. The molecule has 0 radical (unpaired) electrons. The van der Waals surface area contributed by atoms with Crippen LogP contribution in [0.4, 0.5) is 0 Å². The molecule has 1 fully saturated rings. The first kappa shape index (κ1) is 17.8. The van der Waals surface area contributed by atoms with Crippen molar-refractivity contribution >= 4 is 24.2 Å². The highest BCUT2D eigenvalue weighted by molar-refractivity contribution is 7.99. The zero-order chi connectivity index (χ0) is 13.5. The maximum atomic E-state index is 5.76. The molecule has 1 heterocycles. The van der Waals surface area contributed by atoms with Crippen LogP contribution in [0.3, 0.4) is 0 Å². The van der Waals surface area contributed by atoms with Crippen LogP contribution < -0.4 is 0 Å². The van der Waals surface area contributed by atoms with Crippen molar-refractivity contribution in [1.29, 1.82) is 0 Å². The van der Waals surface area contributed by atoms with E-state index in [0.29, 0.717) is 12.2 Å². The third-order valence-electron chi connectivity index (χ3n) is 3.38. The highest BCUT2D eigenvalue weighted by atomic mass is 35.5. The van der Waals surface area contributed by atoms with Gasteiger partial charge in [0, 0.05) is 18.0 Å². The van der Waals surface area contributed by atoms with Crippen LogP contribution in [0.15, 0.2) is 35.2 Å². The third kappa shape index (κ3) is 6.49. The van der Waals surface area contributed by atoms with Crippen molar-refractivity contribution in [3.63, 3.8) is 0 Å². The van der Waals surface area contributed by atoms with Crippen LogP contribution in [0.2, 0.25) is 0 Å². The SMILES string of the molecule is CC1CN(CCCCSc2ccccc2)CC(C)O1.Cl. The van der Waals surface area contributed by atoms with Gasteiger partial charge in [0.2, 0.25) is 0 Å². The summed E-state index contributed by atoms with van der Waals surface area (Å²) in [5, 5.41) is 0. The van der Waals surface area contributed by atoms with Gasteiger partial charge >= 0.3 is 0 Å². The summed E-state index contributed by atoms with van der Waals surface area (Å²) < 4.78 is 5.76. The minimum absolute atomic E-state index is 0. The van der Waals surface area contributed by atoms with Crippen molar-refractivity contribution < 1.29 is 4.74 Å². The molecule has 1 saturated heterocycles. The summed E-state index contributed by atoms with van der Waals surface area (Å²) in [5.74, 6) is 1.22. The van der Waals surface area contributed by atoms with Crippen LogP contribution in [0.5, 0.6) is 0 Å². The summed E-state index contributed by atoms with van der Waals surface area (Å²) in [7, 11) is 0. The van der Waals surface area contributed by atoms with Gasteiger partial charge in [0.05, 0.1) is 12.2 Å². The molecule has 2 nitrogen and oxygen atoms in total. The number of thioether (sulfide) groups is 1. The van der Waals surface area contributed by atoms with Crippen molar-refractivity contribution in [3.05, 3.63) is 30.3 Å². The van der Waals surface area contributed by atoms with E-state index in [9.17, 15) is 0 Å². The van der Waals surface area contributed by atoms with Gasteiger partial charge in [-0.15, -0.1) is 24.2 Å². The van der Waals surface area contributed by atoms with Crippen molar-refractivity contribution in [2.45, 2.75) is 43.8 Å².